The van der Waals surface area contributed by atoms with Gasteiger partial charge in [0.25, 0.3) is 0 Å². The van der Waals surface area contributed by atoms with E-state index >= 15 is 0 Å². The Balaban J connectivity index is 1.80. The van der Waals surface area contributed by atoms with E-state index in [0.29, 0.717) is 11.5 Å². The fourth-order valence-electron chi connectivity index (χ4n) is 1.68. The zero-order chi connectivity index (χ0) is 13.9. The van der Waals surface area contributed by atoms with Crippen LogP contribution in [0.2, 0.25) is 0 Å². The summed E-state index contributed by atoms with van der Waals surface area (Å²) in [5.74, 6) is 0.633. The summed E-state index contributed by atoms with van der Waals surface area (Å²) >= 11 is 3.41. The molecule has 3 rings (SSSR count). The maximum atomic E-state index is 4.32. The summed E-state index contributed by atoms with van der Waals surface area (Å²) in [7, 11) is 0. The van der Waals surface area contributed by atoms with Crippen molar-refractivity contribution >= 4 is 33.1 Å². The van der Waals surface area contributed by atoms with Crippen molar-refractivity contribution in [1.29, 1.82) is 0 Å². The fraction of sp³-hybridized carbons (Fsp3) is 0.0769. The first kappa shape index (κ1) is 12.7. The third kappa shape index (κ3) is 2.67. The number of rotatable bonds is 3. The van der Waals surface area contributed by atoms with E-state index in [0.717, 1.165) is 15.7 Å². The van der Waals surface area contributed by atoms with Gasteiger partial charge in [-0.15, -0.1) is 15.3 Å². The normalized spacial score (nSPS) is 11.8. The van der Waals surface area contributed by atoms with Gasteiger partial charge in [-0.2, -0.15) is 9.62 Å². The largest absolute Gasteiger partial charge is 0.260 e. The molecule has 2 heterocycles. The van der Waals surface area contributed by atoms with Crippen molar-refractivity contribution in [3.63, 3.8) is 0 Å². The summed E-state index contributed by atoms with van der Waals surface area (Å²) in [5, 5.41) is 16.3. The zero-order valence-corrected chi connectivity index (χ0v) is 12.2. The molecule has 3 aromatic rings. The minimum atomic E-state index is 0.633. The van der Waals surface area contributed by atoms with Crippen LogP contribution in [0.5, 0.6) is 0 Å². The molecule has 0 spiro atoms. The van der Waals surface area contributed by atoms with Crippen molar-refractivity contribution in [2.75, 3.05) is 5.43 Å². The van der Waals surface area contributed by atoms with Gasteiger partial charge in [-0.3, -0.25) is 5.43 Å². The number of benzene rings is 1. The Morgan fingerprint density at radius 2 is 2.00 bits per heavy atom. The predicted octanol–water partition coefficient (Wildman–Crippen LogP) is 2.72. The standard InChI is InChI=1S/C13H11BrN6/c1-9(10-2-4-11(14)5-3-10)16-17-12-6-7-13-18-15-8-20(13)19-12/h2-8H,1H3,(H,17,19). The minimum Gasteiger partial charge on any atom is -0.260 e. The molecule has 7 heteroatoms. The number of nitrogens with one attached hydrogen (secondary N) is 1. The molecule has 100 valence electrons. The Bertz CT molecular complexity index is 762. The summed E-state index contributed by atoms with van der Waals surface area (Å²) in [6.07, 6.45) is 1.55. The van der Waals surface area contributed by atoms with Crippen LogP contribution in [0.4, 0.5) is 5.82 Å². The first-order chi connectivity index (χ1) is 9.72. The first-order valence-corrected chi connectivity index (χ1v) is 6.75. The van der Waals surface area contributed by atoms with Gasteiger partial charge in [-0.25, -0.2) is 0 Å². The molecule has 0 radical (unpaired) electrons. The maximum absolute atomic E-state index is 4.32. The van der Waals surface area contributed by atoms with E-state index in [1.165, 1.54) is 0 Å². The van der Waals surface area contributed by atoms with Crippen LogP contribution in [-0.2, 0) is 0 Å². The van der Waals surface area contributed by atoms with E-state index in [-0.39, 0.29) is 0 Å². The summed E-state index contributed by atoms with van der Waals surface area (Å²) in [6, 6.07) is 11.6. The van der Waals surface area contributed by atoms with E-state index in [1.54, 1.807) is 10.8 Å². The molecule has 2 aromatic heterocycles. The minimum absolute atomic E-state index is 0.633. The lowest BCUT2D eigenvalue weighted by Gasteiger charge is -2.03. The number of anilines is 1. The van der Waals surface area contributed by atoms with Crippen molar-refractivity contribution in [2.24, 2.45) is 5.10 Å². The summed E-state index contributed by atoms with van der Waals surface area (Å²) in [5.41, 5.74) is 5.55. The third-order valence-electron chi connectivity index (χ3n) is 2.76. The van der Waals surface area contributed by atoms with Crippen molar-refractivity contribution in [3.05, 3.63) is 52.8 Å². The van der Waals surface area contributed by atoms with Crippen molar-refractivity contribution in [2.45, 2.75) is 6.92 Å². The first-order valence-electron chi connectivity index (χ1n) is 5.96. The van der Waals surface area contributed by atoms with Gasteiger partial charge in [0, 0.05) is 4.47 Å². The highest BCUT2D eigenvalue weighted by molar-refractivity contribution is 9.10. The highest BCUT2D eigenvalue weighted by Gasteiger charge is 2.00. The van der Waals surface area contributed by atoms with Gasteiger partial charge in [0.05, 0.1) is 5.71 Å². The fourth-order valence-corrected chi connectivity index (χ4v) is 1.95. The number of nitrogens with zero attached hydrogens (tertiary/aromatic N) is 5. The lowest BCUT2D eigenvalue weighted by Crippen LogP contribution is -2.02. The Kier molecular flexibility index (Phi) is 3.42. The molecule has 0 bridgehead atoms. The summed E-state index contributed by atoms with van der Waals surface area (Å²) in [4.78, 5) is 0. The molecule has 1 aromatic carbocycles. The van der Waals surface area contributed by atoms with E-state index in [4.69, 9.17) is 0 Å². The summed E-state index contributed by atoms with van der Waals surface area (Å²) < 4.78 is 2.63. The number of hydrazone groups is 1. The number of aromatic nitrogens is 4. The lowest BCUT2D eigenvalue weighted by atomic mass is 10.1. The highest BCUT2D eigenvalue weighted by Crippen LogP contribution is 2.11. The molecule has 1 N–H and O–H groups in total. The molecule has 0 aliphatic heterocycles. The highest BCUT2D eigenvalue weighted by atomic mass is 79.9. The third-order valence-corrected chi connectivity index (χ3v) is 3.29. The molecule has 0 unspecified atom stereocenters. The van der Waals surface area contributed by atoms with Crippen LogP contribution in [0.15, 0.2) is 52.3 Å². The SMILES string of the molecule is CC(=NNc1ccc2nncn2n1)c1ccc(Br)cc1. The number of hydrogen-bond donors (Lipinski definition) is 1. The molecule has 0 aliphatic rings. The second kappa shape index (κ2) is 5.38. The second-order valence-electron chi connectivity index (χ2n) is 4.17. The Labute approximate surface area is 123 Å². The molecule has 0 saturated heterocycles. The van der Waals surface area contributed by atoms with E-state index in [1.807, 2.05) is 43.3 Å². The van der Waals surface area contributed by atoms with E-state index < -0.39 is 0 Å². The average Bonchev–Trinajstić information content (AvgIpc) is 2.93. The lowest BCUT2D eigenvalue weighted by molar-refractivity contribution is 0.924. The second-order valence-corrected chi connectivity index (χ2v) is 5.08. The average molecular weight is 331 g/mol. The molecule has 6 nitrogen and oxygen atoms in total. The summed E-state index contributed by atoms with van der Waals surface area (Å²) in [6.45, 7) is 1.94. The van der Waals surface area contributed by atoms with Gasteiger partial charge in [-0.1, -0.05) is 28.1 Å². The molecule has 0 aliphatic carbocycles. The number of fused-ring (bicyclic) bond motifs is 1. The van der Waals surface area contributed by atoms with Gasteiger partial charge in [0.2, 0.25) is 0 Å². The van der Waals surface area contributed by atoms with E-state index in [9.17, 15) is 0 Å². The van der Waals surface area contributed by atoms with Crippen LogP contribution >= 0.6 is 15.9 Å². The monoisotopic (exact) mass is 330 g/mol. The quantitative estimate of drug-likeness (QED) is 0.592. The van der Waals surface area contributed by atoms with Gasteiger partial charge in [0.1, 0.15) is 6.33 Å². The zero-order valence-electron chi connectivity index (χ0n) is 10.7. The van der Waals surface area contributed by atoms with Crippen LogP contribution < -0.4 is 5.43 Å². The van der Waals surface area contributed by atoms with E-state index in [2.05, 4.69) is 41.8 Å². The maximum Gasteiger partial charge on any atom is 0.177 e. The number of hydrogen-bond acceptors (Lipinski definition) is 5. The van der Waals surface area contributed by atoms with Crippen molar-refractivity contribution < 1.29 is 0 Å². The van der Waals surface area contributed by atoms with Crippen LogP contribution in [0.25, 0.3) is 5.65 Å². The Morgan fingerprint density at radius 3 is 2.80 bits per heavy atom. The molecule has 0 saturated carbocycles. The molecular weight excluding hydrogens is 320 g/mol. The van der Waals surface area contributed by atoms with Crippen LogP contribution in [-0.4, -0.2) is 25.5 Å². The number of halogens is 1. The topological polar surface area (TPSA) is 67.5 Å². The van der Waals surface area contributed by atoms with Gasteiger partial charge in [-0.05, 0) is 36.8 Å². The van der Waals surface area contributed by atoms with Crippen molar-refractivity contribution in [1.82, 2.24) is 19.8 Å². The molecule has 20 heavy (non-hydrogen) atoms. The van der Waals surface area contributed by atoms with Crippen molar-refractivity contribution in [3.8, 4) is 0 Å². The predicted molar refractivity (Wildman–Crippen MR) is 80.8 cm³/mol. The van der Waals surface area contributed by atoms with Gasteiger partial charge < -0.3 is 0 Å². The molecular formula is C13H11BrN6. The molecule has 0 atom stereocenters. The van der Waals surface area contributed by atoms with Gasteiger partial charge >= 0.3 is 0 Å². The van der Waals surface area contributed by atoms with Crippen LogP contribution in [0.3, 0.4) is 0 Å². The van der Waals surface area contributed by atoms with Crippen LogP contribution in [0.1, 0.15) is 12.5 Å². The Morgan fingerprint density at radius 1 is 1.20 bits per heavy atom. The molecule has 0 amide bonds. The molecule has 0 fully saturated rings. The smallest absolute Gasteiger partial charge is 0.177 e. The van der Waals surface area contributed by atoms with Gasteiger partial charge in [0.15, 0.2) is 11.5 Å². The van der Waals surface area contributed by atoms with Crippen LogP contribution in [0, 0.1) is 0 Å². The Hall–Kier alpha value is -2.28.